The monoisotopic (exact) mass is 505 g/mol. The number of carbonyl (C=O) groups is 1. The number of ether oxygens (including phenoxy) is 1. The predicted molar refractivity (Wildman–Crippen MR) is 130 cm³/mol. The maximum atomic E-state index is 10.6. The fourth-order valence-electron chi connectivity index (χ4n) is 3.55. The van der Waals surface area contributed by atoms with Crippen LogP contribution in [0, 0.1) is 6.92 Å². The zero-order valence-electron chi connectivity index (χ0n) is 20.7. The molecule has 2 aromatic carbocycles. The number of carboxylic acids is 1. The lowest BCUT2D eigenvalue weighted by Crippen LogP contribution is -2.41. The van der Waals surface area contributed by atoms with Crippen LogP contribution >= 0.6 is 0 Å². The Kier molecular flexibility index (Phi) is 7.25. The van der Waals surface area contributed by atoms with E-state index in [1.807, 2.05) is 31.2 Å². The van der Waals surface area contributed by atoms with E-state index in [0.717, 1.165) is 38.8 Å². The molecule has 0 unspecified atom stereocenters. The number of benzene rings is 2. The largest absolute Gasteiger partial charge is 0.496 e. The van der Waals surface area contributed by atoms with E-state index in [1.54, 1.807) is 7.11 Å². The SMILES string of the molecule is COc1ccc(B2OC(C)(C)C(C)(C)O2)cc1-c1ccc2c(N)nnc(C)c2c1.O=C(O)C(F)(F)F. The minimum absolute atomic E-state index is 0.395. The lowest BCUT2D eigenvalue weighted by molar-refractivity contribution is -0.192. The molecule has 4 rings (SSSR count). The van der Waals surface area contributed by atoms with Crippen molar-refractivity contribution in [2.45, 2.75) is 52.0 Å². The summed E-state index contributed by atoms with van der Waals surface area (Å²) in [4.78, 5) is 8.90. The van der Waals surface area contributed by atoms with E-state index in [2.05, 4.69) is 50.0 Å². The number of aromatic nitrogens is 2. The van der Waals surface area contributed by atoms with Crippen molar-refractivity contribution in [3.63, 3.8) is 0 Å². The third-order valence-corrected chi connectivity index (χ3v) is 6.30. The number of hydrogen-bond donors (Lipinski definition) is 2. The summed E-state index contributed by atoms with van der Waals surface area (Å²) in [6.45, 7) is 10.1. The molecule has 1 saturated heterocycles. The van der Waals surface area contributed by atoms with Gasteiger partial charge in [-0.2, -0.15) is 18.3 Å². The third kappa shape index (κ3) is 5.39. The zero-order chi connectivity index (χ0) is 27.1. The smallest absolute Gasteiger partial charge is 0.494 e. The van der Waals surface area contributed by atoms with Gasteiger partial charge in [-0.05, 0) is 63.8 Å². The molecule has 0 bridgehead atoms. The van der Waals surface area contributed by atoms with E-state index < -0.39 is 30.5 Å². The lowest BCUT2D eigenvalue weighted by atomic mass is 9.77. The first-order valence-corrected chi connectivity index (χ1v) is 10.9. The van der Waals surface area contributed by atoms with Crippen LogP contribution in [0.25, 0.3) is 21.9 Å². The van der Waals surface area contributed by atoms with Crippen molar-refractivity contribution in [2.24, 2.45) is 0 Å². The van der Waals surface area contributed by atoms with Crippen molar-refractivity contribution < 1.29 is 37.1 Å². The van der Waals surface area contributed by atoms with E-state index in [1.165, 1.54) is 0 Å². The molecule has 0 saturated carbocycles. The summed E-state index contributed by atoms with van der Waals surface area (Å²) in [5, 5.41) is 17.1. The molecule has 2 heterocycles. The van der Waals surface area contributed by atoms with E-state index in [9.17, 15) is 13.2 Å². The van der Waals surface area contributed by atoms with Gasteiger partial charge in [-0.25, -0.2) is 4.79 Å². The second kappa shape index (κ2) is 9.59. The number of aliphatic carboxylic acids is 1. The van der Waals surface area contributed by atoms with Crippen LogP contribution < -0.4 is 15.9 Å². The van der Waals surface area contributed by atoms with Crippen LogP contribution in [0.15, 0.2) is 36.4 Å². The molecule has 3 aromatic rings. The molecule has 1 aromatic heterocycles. The van der Waals surface area contributed by atoms with Gasteiger partial charge < -0.3 is 24.9 Å². The molecular formula is C24H27BF3N3O5. The number of hydrogen-bond acceptors (Lipinski definition) is 7. The fraction of sp³-hybridized carbons (Fsp3) is 0.375. The number of nitrogen functional groups attached to an aromatic ring is 1. The van der Waals surface area contributed by atoms with Crippen LogP contribution in [0.1, 0.15) is 33.4 Å². The maximum absolute atomic E-state index is 10.6. The Bertz CT molecular complexity index is 1280. The molecule has 192 valence electrons. The van der Waals surface area contributed by atoms with Crippen LogP contribution in [-0.4, -0.2) is 52.9 Å². The Balaban J connectivity index is 0.000000454. The number of halogens is 3. The molecule has 1 fully saturated rings. The highest BCUT2D eigenvalue weighted by atomic mass is 19.4. The minimum Gasteiger partial charge on any atom is -0.496 e. The molecule has 1 aliphatic heterocycles. The summed E-state index contributed by atoms with van der Waals surface area (Å²) in [7, 11) is 1.23. The molecular weight excluding hydrogens is 478 g/mol. The average molecular weight is 505 g/mol. The van der Waals surface area contributed by atoms with Gasteiger partial charge in [-0.3, -0.25) is 0 Å². The summed E-state index contributed by atoms with van der Waals surface area (Å²) >= 11 is 0. The standard InChI is InChI=1S/C22H26BN3O3.C2HF3O2/c1-13-17-11-14(7-9-16(17)20(24)26-25-13)18-12-15(8-10-19(18)27-6)23-28-21(2,3)22(4,5)29-23;3-2(4,5)1(6)7/h7-12H,1-6H3,(H2,24,26);(H,6,7). The van der Waals surface area contributed by atoms with Crippen LogP contribution in [0.5, 0.6) is 5.75 Å². The third-order valence-electron chi connectivity index (χ3n) is 6.30. The Morgan fingerprint density at radius 2 is 1.61 bits per heavy atom. The first-order valence-electron chi connectivity index (χ1n) is 10.9. The molecule has 0 radical (unpaired) electrons. The Morgan fingerprint density at radius 1 is 1.03 bits per heavy atom. The lowest BCUT2D eigenvalue weighted by Gasteiger charge is -2.32. The number of methoxy groups -OCH3 is 1. The number of anilines is 1. The van der Waals surface area contributed by atoms with E-state index >= 15 is 0 Å². The molecule has 0 aliphatic carbocycles. The van der Waals surface area contributed by atoms with E-state index in [0.29, 0.717) is 5.82 Å². The molecule has 1 aliphatic rings. The number of rotatable bonds is 3. The van der Waals surface area contributed by atoms with Gasteiger partial charge in [0.15, 0.2) is 5.82 Å². The molecule has 36 heavy (non-hydrogen) atoms. The molecule has 0 amide bonds. The summed E-state index contributed by atoms with van der Waals surface area (Å²) in [5.74, 6) is -1.56. The van der Waals surface area contributed by atoms with Gasteiger partial charge in [0.25, 0.3) is 0 Å². The summed E-state index contributed by atoms with van der Waals surface area (Å²) < 4.78 is 49.8. The summed E-state index contributed by atoms with van der Waals surface area (Å²) in [6.07, 6.45) is -5.08. The summed E-state index contributed by atoms with van der Waals surface area (Å²) in [6, 6.07) is 12.1. The highest BCUT2D eigenvalue weighted by Gasteiger charge is 2.51. The maximum Gasteiger partial charge on any atom is 0.494 e. The Labute approximate surface area is 206 Å². The highest BCUT2D eigenvalue weighted by molar-refractivity contribution is 6.62. The fourth-order valence-corrected chi connectivity index (χ4v) is 3.55. The second-order valence-corrected chi connectivity index (χ2v) is 9.28. The van der Waals surface area contributed by atoms with Gasteiger partial charge in [0.05, 0.1) is 24.0 Å². The van der Waals surface area contributed by atoms with Crippen molar-refractivity contribution in [3.05, 3.63) is 42.1 Å². The first kappa shape index (κ1) is 27.2. The zero-order valence-corrected chi connectivity index (χ0v) is 20.7. The highest BCUT2D eigenvalue weighted by Crippen LogP contribution is 2.38. The number of fused-ring (bicyclic) bond motifs is 1. The van der Waals surface area contributed by atoms with Gasteiger partial charge in [0, 0.05) is 16.3 Å². The van der Waals surface area contributed by atoms with Crippen LogP contribution in [0.4, 0.5) is 19.0 Å². The van der Waals surface area contributed by atoms with E-state index in [4.69, 9.17) is 29.7 Å². The van der Waals surface area contributed by atoms with Crippen molar-refractivity contribution in [2.75, 3.05) is 12.8 Å². The van der Waals surface area contributed by atoms with Crippen molar-refractivity contribution in [3.8, 4) is 16.9 Å². The predicted octanol–water partition coefficient (Wildman–Crippen LogP) is 4.13. The molecule has 3 N–H and O–H groups in total. The Morgan fingerprint density at radius 3 is 2.14 bits per heavy atom. The van der Waals surface area contributed by atoms with E-state index in [-0.39, 0.29) is 0 Å². The normalized spacial score (nSPS) is 16.4. The van der Waals surface area contributed by atoms with Crippen LogP contribution in [-0.2, 0) is 14.1 Å². The summed E-state index contributed by atoms with van der Waals surface area (Å²) in [5.41, 5.74) is 8.94. The van der Waals surface area contributed by atoms with Gasteiger partial charge in [0.2, 0.25) is 0 Å². The van der Waals surface area contributed by atoms with Gasteiger partial charge in [0.1, 0.15) is 5.75 Å². The average Bonchev–Trinajstić information content (AvgIpc) is 3.02. The number of carboxylic acid groups (broad SMARTS) is 1. The first-order chi connectivity index (χ1) is 16.6. The molecule has 8 nitrogen and oxygen atoms in total. The number of nitrogens with zero attached hydrogens (tertiary/aromatic N) is 2. The Hall–Kier alpha value is -3.38. The topological polar surface area (TPSA) is 117 Å². The second-order valence-electron chi connectivity index (χ2n) is 9.28. The van der Waals surface area contributed by atoms with Gasteiger partial charge in [-0.1, -0.05) is 18.2 Å². The van der Waals surface area contributed by atoms with Crippen molar-refractivity contribution >= 4 is 35.1 Å². The number of nitrogens with two attached hydrogens (primary N) is 1. The quantitative estimate of drug-likeness (QED) is 0.511. The molecule has 0 atom stereocenters. The van der Waals surface area contributed by atoms with Gasteiger partial charge >= 0.3 is 19.3 Å². The molecule has 0 spiro atoms. The minimum atomic E-state index is -5.08. The molecule has 12 heteroatoms. The van der Waals surface area contributed by atoms with Crippen LogP contribution in [0.2, 0.25) is 0 Å². The van der Waals surface area contributed by atoms with Gasteiger partial charge in [-0.15, -0.1) is 5.10 Å². The number of aryl methyl sites for hydroxylation is 1. The van der Waals surface area contributed by atoms with Crippen molar-refractivity contribution in [1.29, 1.82) is 0 Å². The van der Waals surface area contributed by atoms with Crippen molar-refractivity contribution in [1.82, 2.24) is 10.2 Å². The number of alkyl halides is 3. The van der Waals surface area contributed by atoms with Crippen LogP contribution in [0.3, 0.4) is 0 Å².